The number of rotatable bonds is 7. The van der Waals surface area contributed by atoms with E-state index in [1.54, 1.807) is 12.1 Å². The van der Waals surface area contributed by atoms with Gasteiger partial charge in [-0.2, -0.15) is 13.2 Å². The molecule has 0 spiro atoms. The van der Waals surface area contributed by atoms with Crippen LogP contribution in [0.3, 0.4) is 0 Å². The fraction of sp³-hybridized carbons (Fsp3) is 0.304. The van der Waals surface area contributed by atoms with Gasteiger partial charge in [0.25, 0.3) is 0 Å². The van der Waals surface area contributed by atoms with Crippen LogP contribution >= 0.6 is 0 Å². The van der Waals surface area contributed by atoms with Crippen LogP contribution in [0.25, 0.3) is 5.57 Å². The lowest BCUT2D eigenvalue weighted by Crippen LogP contribution is -2.14. The minimum absolute atomic E-state index is 0.304. The highest BCUT2D eigenvalue weighted by Crippen LogP contribution is 2.37. The largest absolute Gasteiger partial charge is 0.416 e. The van der Waals surface area contributed by atoms with Gasteiger partial charge in [0.1, 0.15) is 0 Å². The summed E-state index contributed by atoms with van der Waals surface area (Å²) in [4.78, 5) is 0. The lowest BCUT2D eigenvalue weighted by molar-refractivity contribution is -0.137. The van der Waals surface area contributed by atoms with Gasteiger partial charge in [-0.05, 0) is 66.1 Å². The first-order valence-corrected chi connectivity index (χ1v) is 9.25. The van der Waals surface area contributed by atoms with Crippen LogP contribution in [-0.2, 0) is 19.0 Å². The average Bonchev–Trinajstić information content (AvgIpc) is 3.08. The van der Waals surface area contributed by atoms with Crippen LogP contribution in [0.4, 0.5) is 13.2 Å². The van der Waals surface area contributed by atoms with Gasteiger partial charge in [-0.1, -0.05) is 48.6 Å². The minimum Gasteiger partial charge on any atom is -0.313 e. The predicted molar refractivity (Wildman–Crippen MR) is 104 cm³/mol. The Morgan fingerprint density at radius 1 is 1.04 bits per heavy atom. The molecule has 0 aliphatic heterocycles. The van der Waals surface area contributed by atoms with Crippen molar-refractivity contribution in [3.63, 3.8) is 0 Å². The van der Waals surface area contributed by atoms with Crippen LogP contribution in [0.2, 0.25) is 0 Å². The van der Waals surface area contributed by atoms with E-state index in [2.05, 4.69) is 30.1 Å². The predicted octanol–water partition coefficient (Wildman–Crippen LogP) is 5.67. The second-order valence-electron chi connectivity index (χ2n) is 6.89. The summed E-state index contributed by atoms with van der Waals surface area (Å²) in [7, 11) is 0. The van der Waals surface area contributed by atoms with Crippen LogP contribution in [0.5, 0.6) is 0 Å². The van der Waals surface area contributed by atoms with Crippen molar-refractivity contribution in [3.8, 4) is 0 Å². The maximum Gasteiger partial charge on any atom is 0.416 e. The van der Waals surface area contributed by atoms with Gasteiger partial charge < -0.3 is 5.32 Å². The Morgan fingerprint density at radius 2 is 1.67 bits per heavy atom. The van der Waals surface area contributed by atoms with Crippen molar-refractivity contribution in [2.75, 3.05) is 13.1 Å². The third-order valence-corrected chi connectivity index (χ3v) is 5.01. The normalized spacial score (nSPS) is 15.0. The van der Waals surface area contributed by atoms with Crippen LogP contribution in [0.15, 0.2) is 67.3 Å². The van der Waals surface area contributed by atoms with Gasteiger partial charge in [-0.15, -0.1) is 6.58 Å². The van der Waals surface area contributed by atoms with Crippen molar-refractivity contribution < 1.29 is 13.2 Å². The molecule has 0 radical (unpaired) electrons. The van der Waals surface area contributed by atoms with Crippen molar-refractivity contribution in [2.45, 2.75) is 25.4 Å². The number of fused-ring (bicyclic) bond motifs is 1. The van der Waals surface area contributed by atoms with Gasteiger partial charge >= 0.3 is 6.18 Å². The molecule has 1 nitrogen and oxygen atoms in total. The third kappa shape index (κ3) is 4.89. The molecule has 1 aliphatic rings. The van der Waals surface area contributed by atoms with Crippen molar-refractivity contribution >= 4 is 5.57 Å². The number of alkyl halides is 3. The molecule has 2 aromatic rings. The highest BCUT2D eigenvalue weighted by atomic mass is 19.4. The number of hydrogen-bond donors (Lipinski definition) is 1. The lowest BCUT2D eigenvalue weighted by Gasteiger charge is -2.17. The SMILES string of the molecule is C=CCNCCC=C(c1ccc(C(F)(F)F)cc1)C1Cc2ccccc2C1. The summed E-state index contributed by atoms with van der Waals surface area (Å²) in [6, 6.07) is 14.0. The molecule has 0 unspecified atom stereocenters. The Labute approximate surface area is 158 Å². The zero-order chi connectivity index (χ0) is 19.3. The minimum atomic E-state index is -4.30. The standard InChI is InChI=1S/C23H24F3N/c1-2-13-27-14-5-8-22(17-9-11-21(12-10-17)23(24,25)26)20-15-18-6-3-4-7-19(18)16-20/h2-4,6-12,20,27H,1,5,13-16H2. The summed E-state index contributed by atoms with van der Waals surface area (Å²) in [6.07, 6.45) is 2.38. The molecule has 1 N–H and O–H groups in total. The molecule has 27 heavy (non-hydrogen) atoms. The second kappa shape index (κ2) is 8.57. The molecule has 142 valence electrons. The molecule has 0 saturated heterocycles. The molecular formula is C23H24F3N. The van der Waals surface area contributed by atoms with E-state index in [4.69, 9.17) is 0 Å². The fourth-order valence-electron chi connectivity index (χ4n) is 3.68. The highest BCUT2D eigenvalue weighted by molar-refractivity contribution is 5.69. The molecule has 0 heterocycles. The van der Waals surface area contributed by atoms with Crippen LogP contribution < -0.4 is 5.32 Å². The highest BCUT2D eigenvalue weighted by Gasteiger charge is 2.30. The first-order valence-electron chi connectivity index (χ1n) is 9.25. The van der Waals surface area contributed by atoms with E-state index in [1.807, 2.05) is 18.2 Å². The maximum absolute atomic E-state index is 12.9. The number of allylic oxidation sites excluding steroid dienone is 1. The van der Waals surface area contributed by atoms with Crippen molar-refractivity contribution in [3.05, 3.63) is 89.5 Å². The monoisotopic (exact) mass is 371 g/mol. The van der Waals surface area contributed by atoms with Crippen molar-refractivity contribution in [1.82, 2.24) is 5.32 Å². The van der Waals surface area contributed by atoms with Crippen LogP contribution in [0, 0.1) is 5.92 Å². The maximum atomic E-state index is 12.9. The van der Waals surface area contributed by atoms with E-state index < -0.39 is 11.7 Å². The molecule has 0 aromatic heterocycles. The van der Waals surface area contributed by atoms with Gasteiger partial charge in [0, 0.05) is 6.54 Å². The molecule has 0 amide bonds. The van der Waals surface area contributed by atoms with Gasteiger partial charge in [-0.25, -0.2) is 0 Å². The van der Waals surface area contributed by atoms with E-state index >= 15 is 0 Å². The topological polar surface area (TPSA) is 12.0 Å². The summed E-state index contributed by atoms with van der Waals surface area (Å²) in [5.41, 5.74) is 4.09. The zero-order valence-corrected chi connectivity index (χ0v) is 15.2. The Kier molecular flexibility index (Phi) is 6.17. The zero-order valence-electron chi connectivity index (χ0n) is 15.2. The van der Waals surface area contributed by atoms with E-state index in [-0.39, 0.29) is 0 Å². The summed E-state index contributed by atoms with van der Waals surface area (Å²) in [6.45, 7) is 5.25. The quantitative estimate of drug-likeness (QED) is 0.488. The van der Waals surface area contributed by atoms with Gasteiger partial charge in [0.05, 0.1) is 5.56 Å². The third-order valence-electron chi connectivity index (χ3n) is 5.01. The Morgan fingerprint density at radius 3 is 2.22 bits per heavy atom. The molecule has 0 fully saturated rings. The van der Waals surface area contributed by atoms with Gasteiger partial charge in [0.15, 0.2) is 0 Å². The van der Waals surface area contributed by atoms with E-state index in [1.165, 1.54) is 23.3 Å². The fourth-order valence-corrected chi connectivity index (χ4v) is 3.68. The van der Waals surface area contributed by atoms with Crippen LogP contribution in [0.1, 0.15) is 28.7 Å². The van der Waals surface area contributed by atoms with E-state index in [0.717, 1.165) is 43.5 Å². The van der Waals surface area contributed by atoms with Crippen molar-refractivity contribution in [1.29, 1.82) is 0 Å². The molecule has 0 atom stereocenters. The first kappa shape index (κ1) is 19.4. The Hall–Kier alpha value is -2.33. The second-order valence-corrected chi connectivity index (χ2v) is 6.89. The summed E-state index contributed by atoms with van der Waals surface area (Å²) in [5, 5.41) is 3.27. The van der Waals surface area contributed by atoms with Gasteiger partial charge in [0.2, 0.25) is 0 Å². The molecule has 4 heteroatoms. The molecule has 3 rings (SSSR count). The van der Waals surface area contributed by atoms with Crippen LogP contribution in [-0.4, -0.2) is 13.1 Å². The number of hydrogen-bond acceptors (Lipinski definition) is 1. The Bertz CT molecular complexity index is 778. The molecule has 2 aromatic carbocycles. The molecular weight excluding hydrogens is 347 g/mol. The summed E-state index contributed by atoms with van der Waals surface area (Å²) < 4.78 is 38.7. The summed E-state index contributed by atoms with van der Waals surface area (Å²) >= 11 is 0. The molecule has 0 bridgehead atoms. The smallest absolute Gasteiger partial charge is 0.313 e. The number of halogens is 3. The number of benzene rings is 2. The molecule has 1 aliphatic carbocycles. The lowest BCUT2D eigenvalue weighted by atomic mass is 9.89. The Balaban J connectivity index is 1.82. The van der Waals surface area contributed by atoms with Crippen molar-refractivity contribution in [2.24, 2.45) is 5.92 Å². The summed E-state index contributed by atoms with van der Waals surface area (Å²) in [5.74, 6) is 0.304. The molecule has 0 saturated carbocycles. The first-order chi connectivity index (χ1) is 13.0. The average molecular weight is 371 g/mol. The number of nitrogens with one attached hydrogen (secondary N) is 1. The van der Waals surface area contributed by atoms with Gasteiger partial charge in [-0.3, -0.25) is 0 Å². The van der Waals surface area contributed by atoms with E-state index in [0.29, 0.717) is 5.92 Å². The van der Waals surface area contributed by atoms with E-state index in [9.17, 15) is 13.2 Å².